The molecule has 1 rings (SSSR count). The molecule has 0 amide bonds. The van der Waals surface area contributed by atoms with Crippen LogP contribution in [-0.2, 0) is 15.8 Å². The molecule has 0 bridgehead atoms. The lowest BCUT2D eigenvalue weighted by Crippen LogP contribution is -2.47. The first-order valence-corrected chi connectivity index (χ1v) is 13.8. The van der Waals surface area contributed by atoms with Gasteiger partial charge in [-0.05, 0) is 39.9 Å². The third-order valence-electron chi connectivity index (χ3n) is 5.50. The van der Waals surface area contributed by atoms with Crippen LogP contribution in [0.4, 0.5) is 0 Å². The Bertz CT molecular complexity index is 578. The molecule has 0 saturated carbocycles. The molecule has 154 valence electrons. The SMILES string of the molecule is COc1ccc(COC[C@H](C)[C@@H](O[Si](C)(C)C(C)(C)C)[C@@H](C)C=CI)cc1. The fourth-order valence-electron chi connectivity index (χ4n) is 2.66. The molecule has 1 aromatic carbocycles. The van der Waals surface area contributed by atoms with Crippen LogP contribution in [0, 0.1) is 11.8 Å². The molecule has 0 fully saturated rings. The van der Waals surface area contributed by atoms with E-state index in [0.717, 1.165) is 11.3 Å². The molecule has 0 saturated heterocycles. The summed E-state index contributed by atoms with van der Waals surface area (Å²) in [5.41, 5.74) is 1.16. The van der Waals surface area contributed by atoms with E-state index in [1.807, 2.05) is 12.1 Å². The van der Waals surface area contributed by atoms with Crippen molar-refractivity contribution in [1.29, 1.82) is 0 Å². The minimum absolute atomic E-state index is 0.160. The topological polar surface area (TPSA) is 27.7 Å². The number of ether oxygens (including phenoxy) is 2. The van der Waals surface area contributed by atoms with Gasteiger partial charge in [-0.15, -0.1) is 0 Å². The van der Waals surface area contributed by atoms with Crippen molar-refractivity contribution in [3.63, 3.8) is 0 Å². The van der Waals surface area contributed by atoms with Gasteiger partial charge in [-0.25, -0.2) is 0 Å². The molecule has 3 nitrogen and oxygen atoms in total. The molecular weight excluding hydrogens is 467 g/mol. The Morgan fingerprint density at radius 1 is 1.11 bits per heavy atom. The fourth-order valence-corrected chi connectivity index (χ4v) is 4.80. The van der Waals surface area contributed by atoms with Crippen molar-refractivity contribution >= 4 is 30.9 Å². The first-order valence-electron chi connectivity index (χ1n) is 9.67. The van der Waals surface area contributed by atoms with Gasteiger partial charge in [0.2, 0.25) is 0 Å². The summed E-state index contributed by atoms with van der Waals surface area (Å²) < 4.78 is 20.1. The minimum Gasteiger partial charge on any atom is -0.497 e. The predicted octanol–water partition coefficient (Wildman–Crippen LogP) is 6.82. The number of rotatable bonds is 10. The molecule has 3 atom stereocenters. The summed E-state index contributed by atoms with van der Waals surface area (Å²) in [5, 5.41) is 0.197. The van der Waals surface area contributed by atoms with Crippen LogP contribution in [0.25, 0.3) is 0 Å². The van der Waals surface area contributed by atoms with Crippen molar-refractivity contribution in [3.05, 3.63) is 40.0 Å². The number of hydrogen-bond acceptors (Lipinski definition) is 3. The molecule has 0 spiro atoms. The number of hydrogen-bond donors (Lipinski definition) is 0. The van der Waals surface area contributed by atoms with E-state index in [0.29, 0.717) is 25.0 Å². The van der Waals surface area contributed by atoms with Gasteiger partial charge in [-0.2, -0.15) is 0 Å². The predicted molar refractivity (Wildman–Crippen MR) is 126 cm³/mol. The van der Waals surface area contributed by atoms with Crippen molar-refractivity contribution in [3.8, 4) is 5.75 Å². The molecule has 5 heteroatoms. The van der Waals surface area contributed by atoms with Crippen molar-refractivity contribution in [2.24, 2.45) is 11.8 Å². The van der Waals surface area contributed by atoms with E-state index >= 15 is 0 Å². The molecule has 1 aromatic rings. The van der Waals surface area contributed by atoms with Crippen molar-refractivity contribution in [2.75, 3.05) is 13.7 Å². The summed E-state index contributed by atoms with van der Waals surface area (Å²) in [5.74, 6) is 1.55. The Balaban J connectivity index is 2.73. The highest BCUT2D eigenvalue weighted by Crippen LogP contribution is 2.39. The van der Waals surface area contributed by atoms with Gasteiger partial charge in [0, 0.05) is 11.8 Å². The van der Waals surface area contributed by atoms with Crippen LogP contribution in [0.2, 0.25) is 18.1 Å². The average Bonchev–Trinajstić information content (AvgIpc) is 2.59. The van der Waals surface area contributed by atoms with Gasteiger partial charge in [-0.1, -0.05) is 75.4 Å². The molecule has 0 radical (unpaired) electrons. The Labute approximate surface area is 181 Å². The van der Waals surface area contributed by atoms with Crippen LogP contribution < -0.4 is 4.74 Å². The summed E-state index contributed by atoms with van der Waals surface area (Å²) in [6.45, 7) is 17.3. The van der Waals surface area contributed by atoms with E-state index in [9.17, 15) is 0 Å². The fraction of sp³-hybridized carbons (Fsp3) is 0.636. The second kappa shape index (κ2) is 11.0. The maximum absolute atomic E-state index is 6.80. The van der Waals surface area contributed by atoms with Gasteiger partial charge >= 0.3 is 0 Å². The van der Waals surface area contributed by atoms with Gasteiger partial charge in [0.25, 0.3) is 0 Å². The van der Waals surface area contributed by atoms with Crippen LogP contribution in [0.15, 0.2) is 34.4 Å². The summed E-state index contributed by atoms with van der Waals surface area (Å²) in [6.07, 6.45) is 2.39. The van der Waals surface area contributed by atoms with Gasteiger partial charge in [0.15, 0.2) is 8.32 Å². The van der Waals surface area contributed by atoms with Gasteiger partial charge < -0.3 is 13.9 Å². The zero-order valence-corrected chi connectivity index (χ0v) is 21.4. The summed E-state index contributed by atoms with van der Waals surface area (Å²) in [6, 6.07) is 8.04. The van der Waals surface area contributed by atoms with Gasteiger partial charge in [0.05, 0.1) is 26.4 Å². The summed E-state index contributed by atoms with van der Waals surface area (Å²) in [7, 11) is -0.160. The Morgan fingerprint density at radius 3 is 2.19 bits per heavy atom. The first kappa shape index (κ1) is 24.7. The molecule has 0 heterocycles. The molecule has 0 aliphatic carbocycles. The summed E-state index contributed by atoms with van der Waals surface area (Å²) in [4.78, 5) is 0. The van der Waals surface area contributed by atoms with E-state index in [1.54, 1.807) is 7.11 Å². The van der Waals surface area contributed by atoms with Crippen LogP contribution in [0.5, 0.6) is 5.75 Å². The van der Waals surface area contributed by atoms with Gasteiger partial charge in [0.1, 0.15) is 5.75 Å². The lowest BCUT2D eigenvalue weighted by atomic mass is 9.94. The smallest absolute Gasteiger partial charge is 0.192 e. The maximum atomic E-state index is 6.80. The van der Waals surface area contributed by atoms with Crippen molar-refractivity contribution in [1.82, 2.24) is 0 Å². The van der Waals surface area contributed by atoms with E-state index in [2.05, 4.69) is 92.6 Å². The largest absolute Gasteiger partial charge is 0.497 e. The molecule has 0 aliphatic heterocycles. The molecular formula is C22H37IO3Si. The second-order valence-corrected chi connectivity index (χ2v) is 14.3. The third kappa shape index (κ3) is 7.87. The van der Waals surface area contributed by atoms with E-state index in [1.165, 1.54) is 0 Å². The summed E-state index contributed by atoms with van der Waals surface area (Å²) >= 11 is 2.29. The second-order valence-electron chi connectivity index (χ2n) is 8.86. The minimum atomic E-state index is -1.84. The Kier molecular flexibility index (Phi) is 10.0. The third-order valence-corrected chi connectivity index (χ3v) is 10.4. The maximum Gasteiger partial charge on any atom is 0.192 e. The standard InChI is InChI=1S/C22H37IO3Si/c1-17(13-14-23)21(26-27(7,8)22(3,4)5)18(2)15-25-16-19-9-11-20(24-6)12-10-19/h9-14,17-18,21H,15-16H2,1-8H3/t17-,18-,21-/m0/s1. The van der Waals surface area contributed by atoms with Crippen LogP contribution in [0.1, 0.15) is 40.2 Å². The number of methoxy groups -OCH3 is 1. The number of benzene rings is 1. The Morgan fingerprint density at radius 2 is 1.70 bits per heavy atom. The molecule has 0 N–H and O–H groups in total. The van der Waals surface area contributed by atoms with Crippen LogP contribution in [0.3, 0.4) is 0 Å². The molecule has 0 aromatic heterocycles. The van der Waals surface area contributed by atoms with Crippen LogP contribution in [-0.4, -0.2) is 28.1 Å². The van der Waals surface area contributed by atoms with E-state index in [4.69, 9.17) is 13.9 Å². The highest BCUT2D eigenvalue weighted by molar-refractivity contribution is 14.1. The normalized spacial score (nSPS) is 16.3. The van der Waals surface area contributed by atoms with Crippen molar-refractivity contribution in [2.45, 2.75) is 65.5 Å². The van der Waals surface area contributed by atoms with Crippen LogP contribution >= 0.6 is 22.6 Å². The number of halogens is 1. The highest BCUT2D eigenvalue weighted by atomic mass is 127. The molecule has 0 aliphatic rings. The van der Waals surface area contributed by atoms with E-state index in [-0.39, 0.29) is 11.1 Å². The zero-order chi connectivity index (χ0) is 20.7. The Hall–Kier alpha value is -0.373. The molecule has 0 unspecified atom stereocenters. The lowest BCUT2D eigenvalue weighted by molar-refractivity contribution is 0.0195. The first-order chi connectivity index (χ1) is 12.5. The molecule has 27 heavy (non-hydrogen) atoms. The average molecular weight is 505 g/mol. The quantitative estimate of drug-likeness (QED) is 0.258. The lowest BCUT2D eigenvalue weighted by Gasteiger charge is -2.42. The monoisotopic (exact) mass is 504 g/mol. The van der Waals surface area contributed by atoms with E-state index < -0.39 is 8.32 Å². The highest BCUT2D eigenvalue weighted by Gasteiger charge is 2.41. The van der Waals surface area contributed by atoms with Crippen molar-refractivity contribution < 1.29 is 13.9 Å². The zero-order valence-electron chi connectivity index (χ0n) is 18.2. The van der Waals surface area contributed by atoms with Gasteiger partial charge in [-0.3, -0.25) is 0 Å².